The molecule has 1 saturated carbocycles. The molecule has 1 fully saturated rings. The highest BCUT2D eigenvalue weighted by Gasteiger charge is 2.33. The monoisotopic (exact) mass is 505 g/mol. The standard InChI is InChI=1S/C25H24BN3O6S/c1-14-4-12-19(13-5-14)36(33,34)35-21-15(2)23(30)27(3)22-20(21)24(31)29(18-10-11-18)25(32)28(22)17-8-6-16(26)7-9-17/h4-6,8-9,12-13,16,18H,7,10-11H2,1-3H3. The summed E-state index contributed by atoms with van der Waals surface area (Å²) < 4.78 is 35.5. The van der Waals surface area contributed by atoms with Crippen molar-refractivity contribution < 1.29 is 12.6 Å². The minimum Gasteiger partial charge on any atom is -0.377 e. The number of pyridine rings is 1. The van der Waals surface area contributed by atoms with Gasteiger partial charge in [0.15, 0.2) is 5.75 Å². The van der Waals surface area contributed by atoms with Gasteiger partial charge in [-0.15, -0.1) is 0 Å². The molecular formula is C25H24BN3O6S. The molecule has 0 aliphatic heterocycles. The SMILES string of the molecule is [B]C1C=CC(n2c(=O)n(C3CC3)c(=O)c3c(OS(=O)(=O)c4ccc(C)cc4)c(C)c(=O)n(C)c32)=CC1. The van der Waals surface area contributed by atoms with Gasteiger partial charge in [0.2, 0.25) is 0 Å². The average Bonchev–Trinajstić information content (AvgIpc) is 3.67. The molecule has 3 aromatic rings. The van der Waals surface area contributed by atoms with E-state index in [9.17, 15) is 22.8 Å². The third-order valence-corrected chi connectivity index (χ3v) is 7.80. The lowest BCUT2D eigenvalue weighted by molar-refractivity contribution is 0.484. The number of benzene rings is 1. The van der Waals surface area contributed by atoms with Gasteiger partial charge in [-0.25, -0.2) is 9.36 Å². The summed E-state index contributed by atoms with van der Waals surface area (Å²) in [5, 5.41) is -0.152. The maximum absolute atomic E-state index is 13.7. The summed E-state index contributed by atoms with van der Waals surface area (Å²) in [4.78, 5) is 40.4. The lowest BCUT2D eigenvalue weighted by Gasteiger charge is -2.21. The quantitative estimate of drug-likeness (QED) is 0.389. The summed E-state index contributed by atoms with van der Waals surface area (Å²) in [6, 6.07) is 5.71. The molecule has 0 N–H and O–H groups in total. The highest BCUT2D eigenvalue weighted by atomic mass is 32.2. The van der Waals surface area contributed by atoms with E-state index in [0.29, 0.717) is 25.0 Å². The van der Waals surface area contributed by atoms with E-state index in [1.807, 2.05) is 6.92 Å². The zero-order valence-electron chi connectivity index (χ0n) is 20.1. The first-order chi connectivity index (χ1) is 17.0. The van der Waals surface area contributed by atoms with Crippen molar-refractivity contribution in [2.24, 2.45) is 7.05 Å². The third-order valence-electron chi connectivity index (χ3n) is 6.56. The van der Waals surface area contributed by atoms with E-state index in [-0.39, 0.29) is 39.1 Å². The highest BCUT2D eigenvalue weighted by molar-refractivity contribution is 7.87. The molecular weight excluding hydrogens is 481 g/mol. The molecule has 184 valence electrons. The molecule has 2 aromatic heterocycles. The summed E-state index contributed by atoms with van der Waals surface area (Å²) in [6.07, 6.45) is 6.87. The fraction of sp³-hybridized carbons (Fsp3) is 0.320. The molecule has 36 heavy (non-hydrogen) atoms. The summed E-state index contributed by atoms with van der Waals surface area (Å²) in [5.41, 5.74) is -0.698. The molecule has 2 aliphatic carbocycles. The normalized spacial score (nSPS) is 17.9. The summed E-state index contributed by atoms with van der Waals surface area (Å²) >= 11 is 0. The molecule has 11 heteroatoms. The van der Waals surface area contributed by atoms with Crippen LogP contribution in [0.1, 0.15) is 36.4 Å². The Morgan fingerprint density at radius 1 is 1.03 bits per heavy atom. The third kappa shape index (κ3) is 3.87. The molecule has 1 unspecified atom stereocenters. The predicted molar refractivity (Wildman–Crippen MR) is 137 cm³/mol. The molecule has 9 nitrogen and oxygen atoms in total. The largest absolute Gasteiger partial charge is 0.377 e. The van der Waals surface area contributed by atoms with Crippen LogP contribution >= 0.6 is 0 Å². The van der Waals surface area contributed by atoms with Crippen molar-refractivity contribution in [1.29, 1.82) is 0 Å². The second kappa shape index (κ2) is 8.51. The van der Waals surface area contributed by atoms with Crippen LogP contribution < -0.4 is 21.0 Å². The first-order valence-electron chi connectivity index (χ1n) is 11.6. The van der Waals surface area contributed by atoms with Gasteiger partial charge < -0.3 is 4.18 Å². The van der Waals surface area contributed by atoms with Crippen LogP contribution in [0.4, 0.5) is 0 Å². The van der Waals surface area contributed by atoms with Crippen molar-refractivity contribution in [1.82, 2.24) is 13.7 Å². The second-order valence-corrected chi connectivity index (χ2v) is 10.8. The molecule has 0 spiro atoms. The molecule has 2 heterocycles. The van der Waals surface area contributed by atoms with Crippen LogP contribution in [-0.2, 0) is 17.2 Å². The van der Waals surface area contributed by atoms with E-state index in [1.165, 1.54) is 35.2 Å². The van der Waals surface area contributed by atoms with Crippen LogP contribution in [0, 0.1) is 13.8 Å². The van der Waals surface area contributed by atoms with Crippen LogP contribution in [-0.4, -0.2) is 30.0 Å². The zero-order valence-corrected chi connectivity index (χ0v) is 20.9. The van der Waals surface area contributed by atoms with Crippen molar-refractivity contribution in [3.63, 3.8) is 0 Å². The predicted octanol–water partition coefficient (Wildman–Crippen LogP) is 2.34. The number of hydrogen-bond donors (Lipinski definition) is 0. The van der Waals surface area contributed by atoms with Gasteiger partial charge in [-0.05, 0) is 51.3 Å². The van der Waals surface area contributed by atoms with Crippen LogP contribution in [0.15, 0.2) is 61.8 Å². The van der Waals surface area contributed by atoms with Crippen LogP contribution in [0.2, 0.25) is 5.82 Å². The minimum absolute atomic E-state index is 0.0435. The van der Waals surface area contributed by atoms with Gasteiger partial charge in [-0.2, -0.15) is 8.42 Å². The fourth-order valence-corrected chi connectivity index (χ4v) is 5.40. The molecule has 5 rings (SSSR count). The van der Waals surface area contributed by atoms with Gasteiger partial charge in [0.25, 0.3) is 11.1 Å². The number of nitrogens with zero attached hydrogens (tertiary/aromatic N) is 3. The molecule has 2 radical (unpaired) electrons. The van der Waals surface area contributed by atoms with Crippen LogP contribution in [0.3, 0.4) is 0 Å². The van der Waals surface area contributed by atoms with Crippen molar-refractivity contribution in [3.05, 3.63) is 84.8 Å². The van der Waals surface area contributed by atoms with Crippen molar-refractivity contribution >= 4 is 34.7 Å². The van der Waals surface area contributed by atoms with Crippen LogP contribution in [0.5, 0.6) is 5.75 Å². The Labute approximate surface area is 208 Å². The fourth-order valence-electron chi connectivity index (χ4n) is 4.41. The molecule has 1 atom stereocenters. The Bertz CT molecular complexity index is 1760. The van der Waals surface area contributed by atoms with E-state index >= 15 is 0 Å². The first-order valence-corrected chi connectivity index (χ1v) is 13.0. The van der Waals surface area contributed by atoms with Crippen LogP contribution in [0.25, 0.3) is 16.7 Å². The molecule has 0 saturated heterocycles. The van der Waals surface area contributed by atoms with Gasteiger partial charge in [0.05, 0.1) is 13.4 Å². The average molecular weight is 505 g/mol. The summed E-state index contributed by atoms with van der Waals surface area (Å²) in [7, 11) is 3.00. The lowest BCUT2D eigenvalue weighted by atomic mass is 9.82. The van der Waals surface area contributed by atoms with Gasteiger partial charge >= 0.3 is 15.8 Å². The number of aromatic nitrogens is 3. The van der Waals surface area contributed by atoms with Gasteiger partial charge in [-0.1, -0.05) is 35.7 Å². The Kier molecular flexibility index (Phi) is 5.70. The first kappa shape index (κ1) is 24.1. The number of aryl methyl sites for hydroxylation is 2. The van der Waals surface area contributed by atoms with Gasteiger partial charge in [0, 0.05) is 18.8 Å². The molecule has 0 bridgehead atoms. The summed E-state index contributed by atoms with van der Waals surface area (Å²) in [5.74, 6) is -0.603. The number of fused-ring (bicyclic) bond motifs is 1. The smallest absolute Gasteiger partial charge is 0.339 e. The van der Waals surface area contributed by atoms with Crippen molar-refractivity contribution in [2.75, 3.05) is 0 Å². The van der Waals surface area contributed by atoms with Gasteiger partial charge in [0.1, 0.15) is 15.9 Å². The Morgan fingerprint density at radius 2 is 1.69 bits per heavy atom. The maximum atomic E-state index is 13.7. The minimum atomic E-state index is -4.39. The van der Waals surface area contributed by atoms with Crippen molar-refractivity contribution in [3.8, 4) is 5.75 Å². The van der Waals surface area contributed by atoms with E-state index in [1.54, 1.807) is 30.4 Å². The number of rotatable bonds is 5. The lowest BCUT2D eigenvalue weighted by Crippen LogP contribution is -2.42. The van der Waals surface area contributed by atoms with E-state index in [2.05, 4.69) is 0 Å². The Hall–Kier alpha value is -3.60. The van der Waals surface area contributed by atoms with E-state index in [0.717, 1.165) is 10.1 Å². The Balaban J connectivity index is 1.87. The second-order valence-electron chi connectivity index (χ2n) is 9.28. The van der Waals surface area contributed by atoms with Crippen molar-refractivity contribution in [2.45, 2.75) is 49.9 Å². The summed E-state index contributed by atoms with van der Waals surface area (Å²) in [6.45, 7) is 3.22. The highest BCUT2D eigenvalue weighted by Crippen LogP contribution is 2.35. The number of hydrogen-bond acceptors (Lipinski definition) is 6. The Morgan fingerprint density at radius 3 is 2.28 bits per heavy atom. The van der Waals surface area contributed by atoms with E-state index < -0.39 is 26.9 Å². The molecule has 0 amide bonds. The molecule has 1 aromatic carbocycles. The van der Waals surface area contributed by atoms with Gasteiger partial charge in [-0.3, -0.25) is 18.7 Å². The zero-order chi connectivity index (χ0) is 25.9. The topological polar surface area (TPSA) is 109 Å². The number of allylic oxidation sites excluding steroid dienone is 4. The molecule has 2 aliphatic rings. The van der Waals surface area contributed by atoms with E-state index in [4.69, 9.17) is 12.0 Å². The maximum Gasteiger partial charge on any atom is 0.339 e.